The predicted octanol–water partition coefficient (Wildman–Crippen LogP) is 2.22. The molecule has 0 spiro atoms. The maximum atomic E-state index is 5.61. The van der Waals surface area contributed by atoms with Gasteiger partial charge in [-0.3, -0.25) is 5.43 Å². The van der Waals surface area contributed by atoms with Crippen molar-refractivity contribution in [1.82, 2.24) is 10.5 Å². The summed E-state index contributed by atoms with van der Waals surface area (Å²) in [5.41, 5.74) is 8.30. The zero-order chi connectivity index (χ0) is 12.2. The van der Waals surface area contributed by atoms with Crippen LogP contribution in [0.5, 0.6) is 0 Å². The van der Waals surface area contributed by atoms with Crippen molar-refractivity contribution >= 4 is 13.7 Å². The molecule has 1 aromatic rings. The first-order chi connectivity index (χ1) is 7.49. The molecule has 86 valence electrons. The molecule has 4 heteroatoms. The Bertz CT molecular complexity index is 339. The highest BCUT2D eigenvalue weighted by molar-refractivity contribution is 6.04. The van der Waals surface area contributed by atoms with Gasteiger partial charge in [-0.2, -0.15) is 0 Å². The van der Waals surface area contributed by atoms with E-state index in [4.69, 9.17) is 7.98 Å². The summed E-state index contributed by atoms with van der Waals surface area (Å²) in [6.07, 6.45) is 1.11. The molecule has 0 heterocycles. The summed E-state index contributed by atoms with van der Waals surface area (Å²) in [5, 5.41) is 1.33. The van der Waals surface area contributed by atoms with E-state index in [9.17, 15) is 0 Å². The molecule has 0 atom stereocenters. The van der Waals surface area contributed by atoms with Gasteiger partial charge in [0.15, 0.2) is 0 Å². The van der Waals surface area contributed by atoms with Crippen LogP contribution in [0.25, 0.3) is 0 Å². The van der Waals surface area contributed by atoms with Gasteiger partial charge in [0.2, 0.25) is 7.98 Å². The second kappa shape index (κ2) is 5.37. The first kappa shape index (κ1) is 13.1. The largest absolute Gasteiger partial charge is 0.318 e. The van der Waals surface area contributed by atoms with Gasteiger partial charge in [-0.1, -0.05) is 32.9 Å². The summed E-state index contributed by atoms with van der Waals surface area (Å²) in [6, 6.07) is 8.31. The van der Waals surface area contributed by atoms with Crippen LogP contribution in [-0.4, -0.2) is 20.1 Å². The van der Waals surface area contributed by atoms with Gasteiger partial charge in [-0.05, 0) is 36.6 Å². The number of hydrazine groups is 2. The second-order valence-corrected chi connectivity index (χ2v) is 4.52. The lowest BCUT2D eigenvalue weighted by atomic mass is 9.82. The molecule has 0 unspecified atom stereocenters. The summed E-state index contributed by atoms with van der Waals surface area (Å²) < 4.78 is 0. The summed E-state index contributed by atoms with van der Waals surface area (Å²) in [6.45, 7) is 6.68. The fourth-order valence-corrected chi connectivity index (χ4v) is 1.41. The molecule has 1 rings (SSSR count). The number of rotatable bonds is 5. The zero-order valence-electron chi connectivity index (χ0n) is 10.5. The monoisotopic (exact) mass is 217 g/mol. The highest BCUT2D eigenvalue weighted by Crippen LogP contribution is 2.28. The number of hydrogen-bond donors (Lipinski definition) is 2. The molecule has 0 bridgehead atoms. The van der Waals surface area contributed by atoms with Crippen LogP contribution in [0, 0.1) is 0 Å². The van der Waals surface area contributed by atoms with Crippen molar-refractivity contribution in [3.8, 4) is 0 Å². The fraction of sp³-hybridized carbons (Fsp3) is 0.500. The Morgan fingerprint density at radius 2 is 2.06 bits per heavy atom. The second-order valence-electron chi connectivity index (χ2n) is 4.52. The molecule has 0 amide bonds. The van der Waals surface area contributed by atoms with Crippen LogP contribution in [-0.2, 0) is 5.41 Å². The van der Waals surface area contributed by atoms with E-state index in [0.29, 0.717) is 0 Å². The number of anilines is 1. The van der Waals surface area contributed by atoms with Gasteiger partial charge in [-0.25, -0.2) is 5.03 Å². The van der Waals surface area contributed by atoms with Gasteiger partial charge < -0.3 is 5.43 Å². The Morgan fingerprint density at radius 3 is 2.62 bits per heavy atom. The summed E-state index contributed by atoms with van der Waals surface area (Å²) in [7, 11) is 7.36. The lowest BCUT2D eigenvalue weighted by Gasteiger charge is -2.25. The molecule has 2 N–H and O–H groups in total. The summed E-state index contributed by atoms with van der Waals surface area (Å²) in [5.74, 6) is 0. The van der Waals surface area contributed by atoms with E-state index in [1.807, 2.05) is 12.1 Å². The van der Waals surface area contributed by atoms with E-state index < -0.39 is 0 Å². The Morgan fingerprint density at radius 1 is 1.38 bits per heavy atom. The van der Waals surface area contributed by atoms with Gasteiger partial charge in [0.1, 0.15) is 0 Å². The van der Waals surface area contributed by atoms with Crippen LogP contribution in [0.3, 0.4) is 0 Å². The van der Waals surface area contributed by atoms with E-state index in [1.54, 1.807) is 7.05 Å². The molecule has 0 fully saturated rings. The molecule has 0 aromatic heterocycles. The van der Waals surface area contributed by atoms with E-state index in [0.717, 1.165) is 12.1 Å². The van der Waals surface area contributed by atoms with Crippen LogP contribution >= 0.6 is 0 Å². The van der Waals surface area contributed by atoms with Gasteiger partial charge in [0.05, 0.1) is 0 Å². The van der Waals surface area contributed by atoms with Crippen molar-refractivity contribution in [2.45, 2.75) is 32.6 Å². The standard InChI is InChI=1S/C12H20BN3/c1-5-12(2,3)10-7-6-8-11(9-10)15-16(13)14-4/h6-9,14-15H,5H2,1-4H3. The third-order valence-corrected chi connectivity index (χ3v) is 3.02. The average Bonchev–Trinajstić information content (AvgIpc) is 2.29. The van der Waals surface area contributed by atoms with E-state index in [1.165, 1.54) is 10.6 Å². The number of nitrogens with one attached hydrogen (secondary N) is 2. The third kappa shape index (κ3) is 3.25. The van der Waals surface area contributed by atoms with Crippen molar-refractivity contribution < 1.29 is 0 Å². The molecule has 0 saturated heterocycles. The average molecular weight is 217 g/mol. The van der Waals surface area contributed by atoms with E-state index in [-0.39, 0.29) is 5.41 Å². The molecule has 0 aliphatic carbocycles. The molecule has 0 saturated carbocycles. The van der Waals surface area contributed by atoms with Gasteiger partial charge in [0.25, 0.3) is 0 Å². The Labute approximate surface area is 99.6 Å². The first-order valence-electron chi connectivity index (χ1n) is 5.59. The molecule has 3 nitrogen and oxygen atoms in total. The minimum Gasteiger partial charge on any atom is -0.318 e. The van der Waals surface area contributed by atoms with Gasteiger partial charge in [0, 0.05) is 5.69 Å². The molecule has 1 aromatic carbocycles. The van der Waals surface area contributed by atoms with Crippen LogP contribution in [0.15, 0.2) is 24.3 Å². The number of nitrogens with zero attached hydrogens (tertiary/aromatic N) is 1. The fourth-order valence-electron chi connectivity index (χ4n) is 1.41. The van der Waals surface area contributed by atoms with Crippen molar-refractivity contribution in [2.75, 3.05) is 12.5 Å². The summed E-state index contributed by atoms with van der Waals surface area (Å²) >= 11 is 0. The predicted molar refractivity (Wildman–Crippen MR) is 70.0 cm³/mol. The molecule has 0 aliphatic rings. The highest BCUT2D eigenvalue weighted by atomic mass is 15.7. The van der Waals surface area contributed by atoms with Crippen molar-refractivity contribution in [3.05, 3.63) is 29.8 Å². The maximum absolute atomic E-state index is 5.61. The van der Waals surface area contributed by atoms with Gasteiger partial charge in [-0.15, -0.1) is 0 Å². The quantitative estimate of drug-likeness (QED) is 0.585. The van der Waals surface area contributed by atoms with Crippen molar-refractivity contribution in [3.63, 3.8) is 0 Å². The van der Waals surface area contributed by atoms with Crippen LogP contribution in [0.4, 0.5) is 5.69 Å². The lowest BCUT2D eigenvalue weighted by Crippen LogP contribution is -2.37. The van der Waals surface area contributed by atoms with E-state index in [2.05, 4.69) is 43.8 Å². The first-order valence-corrected chi connectivity index (χ1v) is 5.59. The van der Waals surface area contributed by atoms with Crippen LogP contribution in [0.1, 0.15) is 32.8 Å². The summed E-state index contributed by atoms with van der Waals surface area (Å²) in [4.78, 5) is 0. The Hall–Kier alpha value is -0.995. The number of benzene rings is 1. The lowest BCUT2D eigenvalue weighted by molar-refractivity contribution is 0.438. The maximum Gasteiger partial charge on any atom is 0.239 e. The normalized spacial score (nSPS) is 11.8. The Balaban J connectivity index is 2.87. The Kier molecular flexibility index (Phi) is 4.39. The van der Waals surface area contributed by atoms with Crippen molar-refractivity contribution in [1.29, 1.82) is 0 Å². The number of hydrogen-bond acceptors (Lipinski definition) is 3. The van der Waals surface area contributed by atoms with Crippen LogP contribution in [0.2, 0.25) is 0 Å². The minimum atomic E-state index is 0.191. The van der Waals surface area contributed by atoms with Crippen molar-refractivity contribution in [2.24, 2.45) is 0 Å². The molecular formula is C12H20BN3. The van der Waals surface area contributed by atoms with Gasteiger partial charge >= 0.3 is 0 Å². The molecule has 2 radical (unpaired) electrons. The third-order valence-electron chi connectivity index (χ3n) is 3.02. The molecular weight excluding hydrogens is 197 g/mol. The zero-order valence-corrected chi connectivity index (χ0v) is 10.5. The molecule has 16 heavy (non-hydrogen) atoms. The topological polar surface area (TPSA) is 27.3 Å². The minimum absolute atomic E-state index is 0.191. The highest BCUT2D eigenvalue weighted by Gasteiger charge is 2.17. The smallest absolute Gasteiger partial charge is 0.239 e. The SMILES string of the molecule is [B]N(NC)Nc1cccc(C(C)(C)CC)c1. The van der Waals surface area contributed by atoms with E-state index >= 15 is 0 Å². The van der Waals surface area contributed by atoms with Crippen LogP contribution < -0.4 is 10.9 Å². The molecule has 0 aliphatic heterocycles.